The molecule has 0 saturated carbocycles. The fourth-order valence-corrected chi connectivity index (χ4v) is 2.18. The molecule has 2 N–H and O–H groups in total. The Balaban J connectivity index is 2.57. The number of ether oxygens (including phenoxy) is 1. The van der Waals surface area contributed by atoms with Gasteiger partial charge in [-0.15, -0.1) is 0 Å². The van der Waals surface area contributed by atoms with E-state index in [4.69, 9.17) is 9.84 Å². The fourth-order valence-electron chi connectivity index (χ4n) is 2.18. The minimum absolute atomic E-state index is 0.0364. The quantitative estimate of drug-likeness (QED) is 0.731. The number of hydrogen-bond acceptors (Lipinski definition) is 4. The molecule has 1 aliphatic carbocycles. The number of rotatable bonds is 2. The highest BCUT2D eigenvalue weighted by Gasteiger charge is 2.37. The number of ketones is 1. The second kappa shape index (κ2) is 4.33. The van der Waals surface area contributed by atoms with E-state index < -0.39 is 23.1 Å². The molecule has 0 fully saturated rings. The van der Waals surface area contributed by atoms with Crippen LogP contribution in [0.15, 0.2) is 34.3 Å². The minimum Gasteiger partial charge on any atom is -0.507 e. The molecule has 5 nitrogen and oxygen atoms in total. The fraction of sp³-hybridized carbons (Fsp3) is 0.385. The van der Waals surface area contributed by atoms with Crippen LogP contribution < -0.4 is 0 Å². The van der Waals surface area contributed by atoms with Gasteiger partial charge in [-0.1, -0.05) is 6.92 Å². The molecule has 2 rings (SSSR count). The van der Waals surface area contributed by atoms with E-state index in [1.807, 2.05) is 6.92 Å². The molecule has 0 aromatic rings. The summed E-state index contributed by atoms with van der Waals surface area (Å²) in [5, 5.41) is 18.8. The van der Waals surface area contributed by atoms with Crippen LogP contribution in [0.5, 0.6) is 0 Å². The van der Waals surface area contributed by atoms with Crippen molar-refractivity contribution in [2.75, 3.05) is 0 Å². The van der Waals surface area contributed by atoms with Gasteiger partial charge < -0.3 is 14.9 Å². The van der Waals surface area contributed by atoms with Gasteiger partial charge in [0.05, 0.1) is 11.8 Å². The van der Waals surface area contributed by atoms with Gasteiger partial charge in [0.15, 0.2) is 0 Å². The Kier molecular flexibility index (Phi) is 2.98. The van der Waals surface area contributed by atoms with Crippen molar-refractivity contribution >= 4 is 11.8 Å². The van der Waals surface area contributed by atoms with Crippen molar-refractivity contribution in [1.82, 2.24) is 0 Å². The van der Waals surface area contributed by atoms with Gasteiger partial charge in [-0.25, -0.2) is 4.79 Å². The summed E-state index contributed by atoms with van der Waals surface area (Å²) in [6.07, 6.45) is 2.57. The van der Waals surface area contributed by atoms with Crippen LogP contribution in [-0.2, 0) is 14.3 Å². The van der Waals surface area contributed by atoms with Crippen LogP contribution in [0.3, 0.4) is 0 Å². The molecular weight excluding hydrogens is 236 g/mol. The third-order valence-electron chi connectivity index (χ3n) is 3.32. The highest BCUT2D eigenvalue weighted by atomic mass is 16.5. The Bertz CT molecular complexity index is 521. The molecule has 1 unspecified atom stereocenters. The highest BCUT2D eigenvalue weighted by molar-refractivity contribution is 6.26. The summed E-state index contributed by atoms with van der Waals surface area (Å²) in [5.41, 5.74) is 0.786. The van der Waals surface area contributed by atoms with Crippen molar-refractivity contribution in [2.45, 2.75) is 32.8 Å². The first-order valence-corrected chi connectivity index (χ1v) is 5.74. The molecule has 2 aliphatic rings. The van der Waals surface area contributed by atoms with Gasteiger partial charge in [-0.3, -0.25) is 4.79 Å². The van der Waals surface area contributed by atoms with Gasteiger partial charge in [0.2, 0.25) is 5.78 Å². The largest absolute Gasteiger partial charge is 0.507 e. The van der Waals surface area contributed by atoms with Crippen LogP contribution in [0.2, 0.25) is 0 Å². The third-order valence-corrected chi connectivity index (χ3v) is 3.32. The molecule has 0 aromatic heterocycles. The standard InChI is InChI=1S/C13H14O5/c1-3-7-4-8-6(2)11(14)10(13(16)17)12(15)9(8)5-18-7/h5,7,14H,3-4H2,1-2H3,(H,16,17). The number of carboxylic acids is 1. The first kappa shape index (κ1) is 12.4. The number of carboxylic acid groups (broad SMARTS) is 1. The molecule has 0 aromatic carbocycles. The van der Waals surface area contributed by atoms with E-state index in [2.05, 4.69) is 0 Å². The lowest BCUT2D eigenvalue weighted by molar-refractivity contribution is -0.134. The number of allylic oxidation sites excluding steroid dienone is 2. The first-order chi connectivity index (χ1) is 8.47. The summed E-state index contributed by atoms with van der Waals surface area (Å²) in [5.74, 6) is -2.54. The smallest absolute Gasteiger partial charge is 0.343 e. The van der Waals surface area contributed by atoms with Crippen molar-refractivity contribution in [2.24, 2.45) is 0 Å². The van der Waals surface area contributed by atoms with E-state index in [1.165, 1.54) is 6.26 Å². The predicted molar refractivity (Wildman–Crippen MR) is 62.9 cm³/mol. The number of Topliss-reactive ketones (excluding diaryl/α,β-unsaturated/α-hetero) is 1. The summed E-state index contributed by atoms with van der Waals surface area (Å²) < 4.78 is 5.36. The third kappa shape index (κ3) is 1.72. The van der Waals surface area contributed by atoms with Crippen molar-refractivity contribution in [3.05, 3.63) is 34.3 Å². The molecule has 18 heavy (non-hydrogen) atoms. The van der Waals surface area contributed by atoms with Crippen LogP contribution in [-0.4, -0.2) is 28.1 Å². The number of fused-ring (bicyclic) bond motifs is 1. The summed E-state index contributed by atoms with van der Waals surface area (Å²) in [6.45, 7) is 3.58. The molecule has 5 heteroatoms. The zero-order valence-corrected chi connectivity index (χ0v) is 10.2. The molecule has 1 heterocycles. The summed E-state index contributed by atoms with van der Waals surface area (Å²) in [6, 6.07) is 0. The van der Waals surface area contributed by atoms with Crippen LogP contribution in [0, 0.1) is 0 Å². The number of carbonyl (C=O) groups excluding carboxylic acids is 1. The van der Waals surface area contributed by atoms with Crippen molar-refractivity contribution < 1.29 is 24.5 Å². The van der Waals surface area contributed by atoms with E-state index in [0.29, 0.717) is 17.6 Å². The van der Waals surface area contributed by atoms with Gasteiger partial charge in [-0.2, -0.15) is 0 Å². The molecule has 1 aliphatic heterocycles. The number of hydrogen-bond donors (Lipinski definition) is 2. The average Bonchev–Trinajstić information content (AvgIpc) is 2.35. The second-order valence-corrected chi connectivity index (χ2v) is 4.36. The molecule has 0 radical (unpaired) electrons. The van der Waals surface area contributed by atoms with Crippen molar-refractivity contribution in [3.63, 3.8) is 0 Å². The Morgan fingerprint density at radius 3 is 2.78 bits per heavy atom. The van der Waals surface area contributed by atoms with Gasteiger partial charge in [0.25, 0.3) is 0 Å². The highest BCUT2D eigenvalue weighted by Crippen LogP contribution is 2.36. The molecule has 1 atom stereocenters. The van der Waals surface area contributed by atoms with Crippen molar-refractivity contribution in [1.29, 1.82) is 0 Å². The number of carbonyl (C=O) groups is 2. The topological polar surface area (TPSA) is 83.8 Å². The average molecular weight is 250 g/mol. The Labute approximate surface area is 104 Å². The molecule has 0 amide bonds. The van der Waals surface area contributed by atoms with Gasteiger partial charge in [-0.05, 0) is 24.5 Å². The number of aliphatic carboxylic acids is 1. The number of aliphatic hydroxyl groups excluding tert-OH is 1. The monoisotopic (exact) mass is 250 g/mol. The lowest BCUT2D eigenvalue weighted by Crippen LogP contribution is -2.28. The zero-order valence-electron chi connectivity index (χ0n) is 10.2. The predicted octanol–water partition coefficient (Wildman–Crippen LogP) is 1.87. The minimum atomic E-state index is -1.42. The Morgan fingerprint density at radius 2 is 2.22 bits per heavy atom. The van der Waals surface area contributed by atoms with Crippen molar-refractivity contribution in [3.8, 4) is 0 Å². The molecule has 96 valence electrons. The normalized spacial score (nSPS) is 23.6. The number of aliphatic hydroxyl groups is 1. The van der Waals surface area contributed by atoms with Crippen LogP contribution in [0.4, 0.5) is 0 Å². The summed E-state index contributed by atoms with van der Waals surface area (Å²) in [4.78, 5) is 23.0. The van der Waals surface area contributed by atoms with Gasteiger partial charge in [0.1, 0.15) is 17.4 Å². The Morgan fingerprint density at radius 1 is 1.56 bits per heavy atom. The van der Waals surface area contributed by atoms with E-state index >= 15 is 0 Å². The summed E-state index contributed by atoms with van der Waals surface area (Å²) >= 11 is 0. The molecular formula is C13H14O5. The van der Waals surface area contributed by atoms with E-state index in [1.54, 1.807) is 6.92 Å². The molecule has 0 spiro atoms. The maximum absolute atomic E-state index is 12.0. The van der Waals surface area contributed by atoms with Crippen LogP contribution in [0.25, 0.3) is 0 Å². The SMILES string of the molecule is CCC1CC2=C(C)C(O)=C(C(=O)O)C(=O)C2=CO1. The molecule has 0 saturated heterocycles. The lowest BCUT2D eigenvalue weighted by Gasteiger charge is -2.28. The van der Waals surface area contributed by atoms with Crippen LogP contribution in [0.1, 0.15) is 26.7 Å². The zero-order chi connectivity index (χ0) is 13.4. The maximum atomic E-state index is 12.0. The van der Waals surface area contributed by atoms with Crippen LogP contribution >= 0.6 is 0 Å². The van der Waals surface area contributed by atoms with E-state index in [-0.39, 0.29) is 11.7 Å². The maximum Gasteiger partial charge on any atom is 0.343 e. The van der Waals surface area contributed by atoms with E-state index in [9.17, 15) is 14.7 Å². The lowest BCUT2D eigenvalue weighted by atomic mass is 9.82. The van der Waals surface area contributed by atoms with Gasteiger partial charge >= 0.3 is 5.97 Å². The molecule has 0 bridgehead atoms. The Hall–Kier alpha value is -2.04. The van der Waals surface area contributed by atoms with E-state index in [0.717, 1.165) is 6.42 Å². The first-order valence-electron chi connectivity index (χ1n) is 5.74. The van der Waals surface area contributed by atoms with Gasteiger partial charge in [0, 0.05) is 6.42 Å². The summed E-state index contributed by atoms with van der Waals surface area (Å²) in [7, 11) is 0. The second-order valence-electron chi connectivity index (χ2n) is 4.36.